The Balaban J connectivity index is 1.68. The zero-order valence-electron chi connectivity index (χ0n) is 14.1. The number of fused-ring (bicyclic) bond motifs is 1. The molecule has 8 heteroatoms. The number of hydrogen-bond acceptors (Lipinski definition) is 5. The first-order valence-electron chi connectivity index (χ1n) is 7.93. The lowest BCUT2D eigenvalue weighted by Crippen LogP contribution is -2.22. The van der Waals surface area contributed by atoms with Crippen LogP contribution < -0.4 is 5.69 Å². The van der Waals surface area contributed by atoms with E-state index in [-0.39, 0.29) is 11.4 Å². The topological polar surface area (TPSA) is 52.7 Å². The number of benzene rings is 2. The quantitative estimate of drug-likeness (QED) is 0.499. The summed E-state index contributed by atoms with van der Waals surface area (Å²) in [7, 11) is 1.61. The summed E-state index contributed by atoms with van der Waals surface area (Å²) in [4.78, 5) is 16.8. The van der Waals surface area contributed by atoms with Crippen molar-refractivity contribution in [3.8, 4) is 5.69 Å². The van der Waals surface area contributed by atoms with E-state index in [2.05, 4.69) is 22.2 Å². The average molecular weight is 386 g/mol. The summed E-state index contributed by atoms with van der Waals surface area (Å²) in [5.41, 5.74) is 1.61. The van der Waals surface area contributed by atoms with Crippen LogP contribution in [0.4, 0.5) is 4.39 Å². The summed E-state index contributed by atoms with van der Waals surface area (Å²) in [6.07, 6.45) is 0. The molecule has 0 atom stereocenters. The summed E-state index contributed by atoms with van der Waals surface area (Å²) in [5, 5.41) is 4.13. The van der Waals surface area contributed by atoms with Crippen LogP contribution in [0.25, 0.3) is 15.9 Å². The van der Waals surface area contributed by atoms with E-state index in [0.29, 0.717) is 11.3 Å². The van der Waals surface area contributed by atoms with Crippen LogP contribution in [0.3, 0.4) is 0 Å². The number of thiazole rings is 1. The van der Waals surface area contributed by atoms with Gasteiger partial charge in [0.2, 0.25) is 0 Å². The molecule has 0 radical (unpaired) electrons. The van der Waals surface area contributed by atoms with Crippen molar-refractivity contribution in [2.24, 2.45) is 7.05 Å². The van der Waals surface area contributed by atoms with Gasteiger partial charge in [-0.15, -0.1) is 11.3 Å². The third-order valence-corrected chi connectivity index (χ3v) is 6.30. The van der Waals surface area contributed by atoms with Gasteiger partial charge >= 0.3 is 5.69 Å². The second-order valence-electron chi connectivity index (χ2n) is 5.83. The van der Waals surface area contributed by atoms with E-state index in [1.165, 1.54) is 27.5 Å². The Morgan fingerprint density at radius 1 is 1.23 bits per heavy atom. The number of hydrogen-bond donors (Lipinski definition) is 0. The van der Waals surface area contributed by atoms with Crippen LogP contribution in [0.2, 0.25) is 0 Å². The van der Waals surface area contributed by atoms with Crippen LogP contribution >= 0.6 is 23.1 Å². The number of aromatic nitrogens is 4. The molecule has 4 rings (SSSR count). The molecule has 2 aromatic heterocycles. The van der Waals surface area contributed by atoms with Gasteiger partial charge in [0.1, 0.15) is 11.5 Å². The first-order chi connectivity index (χ1) is 12.5. The molecule has 5 nitrogen and oxygen atoms in total. The van der Waals surface area contributed by atoms with Gasteiger partial charge in [0.15, 0.2) is 10.2 Å². The zero-order valence-corrected chi connectivity index (χ0v) is 15.8. The minimum Gasteiger partial charge on any atom is -0.282 e. The van der Waals surface area contributed by atoms with Crippen molar-refractivity contribution in [2.75, 3.05) is 0 Å². The van der Waals surface area contributed by atoms with E-state index in [9.17, 15) is 9.18 Å². The minimum atomic E-state index is -0.485. The smallest absolute Gasteiger partial charge is 0.282 e. The van der Waals surface area contributed by atoms with Crippen LogP contribution in [-0.4, -0.2) is 19.3 Å². The highest BCUT2D eigenvalue weighted by Gasteiger charge is 2.16. The lowest BCUT2D eigenvalue weighted by Gasteiger charge is -2.01. The standard InChI is InChI=1S/C18H15FN4OS2/c1-11-21-23(18(24)22(11)2)15-9-14-16(8-13(15)19)26-17(20-14)25-10-12-6-4-3-5-7-12/h3-9H,10H2,1-2H3. The van der Waals surface area contributed by atoms with E-state index in [0.717, 1.165) is 19.5 Å². The molecule has 0 fully saturated rings. The Hall–Kier alpha value is -2.45. The molecule has 0 saturated carbocycles. The maximum Gasteiger partial charge on any atom is 0.350 e. The molecule has 26 heavy (non-hydrogen) atoms. The molecular formula is C18H15FN4OS2. The number of nitrogens with zero attached hydrogens (tertiary/aromatic N) is 4. The van der Waals surface area contributed by atoms with Crippen molar-refractivity contribution in [1.82, 2.24) is 19.3 Å². The molecule has 0 amide bonds. The van der Waals surface area contributed by atoms with E-state index in [4.69, 9.17) is 0 Å². The minimum absolute atomic E-state index is 0.121. The molecular weight excluding hydrogens is 371 g/mol. The zero-order chi connectivity index (χ0) is 18.3. The highest BCUT2D eigenvalue weighted by atomic mass is 32.2. The molecule has 132 valence electrons. The van der Waals surface area contributed by atoms with Crippen LogP contribution in [0.1, 0.15) is 11.4 Å². The third kappa shape index (κ3) is 3.06. The molecule has 0 bridgehead atoms. The van der Waals surface area contributed by atoms with Gasteiger partial charge in [0.05, 0.1) is 10.2 Å². The van der Waals surface area contributed by atoms with Crippen molar-refractivity contribution in [3.05, 3.63) is 70.2 Å². The Kier molecular flexibility index (Phi) is 4.37. The van der Waals surface area contributed by atoms with E-state index >= 15 is 0 Å². The predicted octanol–water partition coefficient (Wildman–Crippen LogP) is 3.92. The molecule has 0 spiro atoms. The summed E-state index contributed by atoms with van der Waals surface area (Å²) in [6, 6.07) is 13.1. The maximum atomic E-state index is 14.5. The second kappa shape index (κ2) is 6.69. The third-order valence-electron chi connectivity index (χ3n) is 4.07. The maximum absolute atomic E-state index is 14.5. The lowest BCUT2D eigenvalue weighted by molar-refractivity contribution is 0.608. The van der Waals surface area contributed by atoms with Gasteiger partial charge in [0.25, 0.3) is 0 Å². The molecule has 0 N–H and O–H groups in total. The SMILES string of the molecule is Cc1nn(-c2cc3nc(SCc4ccccc4)sc3cc2F)c(=O)n1C. The fraction of sp³-hybridized carbons (Fsp3) is 0.167. The molecule has 0 aliphatic rings. The van der Waals surface area contributed by atoms with Crippen LogP contribution in [0, 0.1) is 12.7 Å². The fourth-order valence-corrected chi connectivity index (χ4v) is 4.58. The van der Waals surface area contributed by atoms with Gasteiger partial charge in [-0.25, -0.2) is 14.2 Å². The molecule has 2 heterocycles. The first kappa shape index (κ1) is 17.0. The van der Waals surface area contributed by atoms with Crippen molar-refractivity contribution in [1.29, 1.82) is 0 Å². The Morgan fingerprint density at radius 3 is 2.69 bits per heavy atom. The fourth-order valence-electron chi connectivity index (χ4n) is 2.55. The predicted molar refractivity (Wildman–Crippen MR) is 103 cm³/mol. The van der Waals surface area contributed by atoms with Gasteiger partial charge in [-0.1, -0.05) is 42.1 Å². The van der Waals surface area contributed by atoms with Gasteiger partial charge in [-0.05, 0) is 24.6 Å². The molecule has 2 aromatic carbocycles. The average Bonchev–Trinajstić information content (AvgIpc) is 3.15. The molecule has 0 unspecified atom stereocenters. The largest absolute Gasteiger partial charge is 0.350 e. The number of rotatable bonds is 4. The van der Waals surface area contributed by atoms with E-state index < -0.39 is 5.82 Å². The van der Waals surface area contributed by atoms with Crippen molar-refractivity contribution in [3.63, 3.8) is 0 Å². The summed E-state index contributed by atoms with van der Waals surface area (Å²) in [5.74, 6) is 0.836. The number of aryl methyl sites for hydroxylation is 1. The molecule has 4 aromatic rings. The Labute approximate surface area is 157 Å². The van der Waals surface area contributed by atoms with Crippen LogP contribution in [0.5, 0.6) is 0 Å². The second-order valence-corrected chi connectivity index (χ2v) is 8.08. The number of halogens is 1. The number of thioether (sulfide) groups is 1. The van der Waals surface area contributed by atoms with Crippen LogP contribution in [0.15, 0.2) is 51.6 Å². The molecule has 0 aliphatic carbocycles. The Morgan fingerprint density at radius 2 is 2.00 bits per heavy atom. The normalized spacial score (nSPS) is 11.3. The van der Waals surface area contributed by atoms with E-state index in [1.807, 2.05) is 18.2 Å². The lowest BCUT2D eigenvalue weighted by atomic mass is 10.2. The van der Waals surface area contributed by atoms with Crippen molar-refractivity contribution < 1.29 is 4.39 Å². The first-order valence-corrected chi connectivity index (χ1v) is 9.73. The Bertz CT molecular complexity index is 1150. The van der Waals surface area contributed by atoms with Gasteiger partial charge in [0, 0.05) is 12.8 Å². The highest BCUT2D eigenvalue weighted by Crippen LogP contribution is 2.33. The van der Waals surface area contributed by atoms with E-state index in [1.54, 1.807) is 31.8 Å². The summed E-state index contributed by atoms with van der Waals surface area (Å²) >= 11 is 3.06. The van der Waals surface area contributed by atoms with Crippen LogP contribution in [-0.2, 0) is 12.8 Å². The van der Waals surface area contributed by atoms with Gasteiger partial charge in [-0.2, -0.15) is 9.78 Å². The van der Waals surface area contributed by atoms with Gasteiger partial charge in [-0.3, -0.25) is 4.57 Å². The van der Waals surface area contributed by atoms with Crippen molar-refractivity contribution >= 4 is 33.3 Å². The summed E-state index contributed by atoms with van der Waals surface area (Å²) in [6.45, 7) is 1.70. The highest BCUT2D eigenvalue weighted by molar-refractivity contribution is 8.00. The van der Waals surface area contributed by atoms with Crippen molar-refractivity contribution in [2.45, 2.75) is 17.0 Å². The summed E-state index contributed by atoms with van der Waals surface area (Å²) < 4.78 is 18.6. The molecule has 0 aliphatic heterocycles. The van der Waals surface area contributed by atoms with Gasteiger partial charge < -0.3 is 0 Å². The monoisotopic (exact) mass is 386 g/mol. The molecule has 0 saturated heterocycles.